The smallest absolute Gasteiger partial charge is 0.407 e. The van der Waals surface area contributed by atoms with Gasteiger partial charge in [-0.2, -0.15) is 0 Å². The number of halogens is 1. The van der Waals surface area contributed by atoms with E-state index >= 15 is 0 Å². The second-order valence-corrected chi connectivity index (χ2v) is 7.80. The number of guanidine groups is 1. The lowest BCUT2D eigenvalue weighted by Crippen LogP contribution is -2.43. The van der Waals surface area contributed by atoms with Crippen LogP contribution in [0, 0.1) is 11.7 Å². The molecule has 0 spiro atoms. The van der Waals surface area contributed by atoms with Crippen molar-refractivity contribution < 1.29 is 28.2 Å². The van der Waals surface area contributed by atoms with Crippen LogP contribution < -0.4 is 22.1 Å². The van der Waals surface area contributed by atoms with E-state index in [0.717, 1.165) is 12.1 Å². The molecule has 2 aromatic carbocycles. The summed E-state index contributed by atoms with van der Waals surface area (Å²) in [4.78, 5) is 40.3. The number of nitrogens with one attached hydrogen (secondary N) is 2. The molecule has 0 aliphatic rings. The first-order chi connectivity index (χ1) is 16.1. The van der Waals surface area contributed by atoms with Gasteiger partial charge < -0.3 is 31.6 Å². The van der Waals surface area contributed by atoms with Crippen LogP contribution in [-0.4, -0.2) is 43.7 Å². The lowest BCUT2D eigenvalue weighted by atomic mass is 10.1. The number of hydrogen-bond acceptors (Lipinski definition) is 6. The number of rotatable bonds is 9. The van der Waals surface area contributed by atoms with Crippen LogP contribution in [0.15, 0.2) is 47.5 Å². The van der Waals surface area contributed by atoms with Gasteiger partial charge in [0.25, 0.3) is 5.91 Å². The maximum Gasteiger partial charge on any atom is 0.407 e. The standard InChI is InChI=1S/C23H28FN5O5/c1-13(2)12-34-23(32)29-19(21(31)33-3)8-14-4-6-17(7-5-14)27-20(30)15-9-16(24)11-18(10-15)28-22(25)26/h4-7,9-11,13,19H,8,12H2,1-3H3,(H,27,30)(H,29,32)(H4,25,26,28). The van der Waals surface area contributed by atoms with Gasteiger partial charge in [0.05, 0.1) is 19.4 Å². The molecule has 0 fully saturated rings. The van der Waals surface area contributed by atoms with Crippen LogP contribution in [0.4, 0.5) is 20.6 Å². The van der Waals surface area contributed by atoms with Crippen molar-refractivity contribution in [2.75, 3.05) is 19.0 Å². The fraction of sp³-hybridized carbons (Fsp3) is 0.304. The van der Waals surface area contributed by atoms with Gasteiger partial charge in [0, 0.05) is 17.7 Å². The van der Waals surface area contributed by atoms with E-state index in [1.165, 1.54) is 13.2 Å². The second kappa shape index (κ2) is 12.2. The molecule has 0 aliphatic heterocycles. The van der Waals surface area contributed by atoms with Gasteiger partial charge in [0.15, 0.2) is 5.96 Å². The van der Waals surface area contributed by atoms with Gasteiger partial charge in [-0.3, -0.25) is 4.79 Å². The minimum Gasteiger partial charge on any atom is -0.467 e. The van der Waals surface area contributed by atoms with E-state index in [-0.39, 0.29) is 36.2 Å². The first kappa shape index (κ1) is 26.1. The van der Waals surface area contributed by atoms with Gasteiger partial charge in [0.2, 0.25) is 0 Å². The van der Waals surface area contributed by atoms with E-state index in [2.05, 4.69) is 15.6 Å². The van der Waals surface area contributed by atoms with Crippen molar-refractivity contribution in [1.29, 1.82) is 0 Å². The zero-order chi connectivity index (χ0) is 25.3. The summed E-state index contributed by atoms with van der Waals surface area (Å²) in [6.45, 7) is 4.00. The largest absolute Gasteiger partial charge is 0.467 e. The molecule has 0 aliphatic carbocycles. The van der Waals surface area contributed by atoms with Gasteiger partial charge in [-0.25, -0.2) is 19.0 Å². The Morgan fingerprint density at radius 3 is 2.35 bits per heavy atom. The summed E-state index contributed by atoms with van der Waals surface area (Å²) in [5.74, 6) is -1.98. The number of ether oxygens (including phenoxy) is 2. The molecule has 10 nitrogen and oxygen atoms in total. The Balaban J connectivity index is 2.06. The number of nitrogens with zero attached hydrogens (tertiary/aromatic N) is 1. The molecule has 0 aromatic heterocycles. The molecule has 2 rings (SSSR count). The van der Waals surface area contributed by atoms with Gasteiger partial charge in [0.1, 0.15) is 11.9 Å². The Kier molecular flexibility index (Phi) is 9.36. The highest BCUT2D eigenvalue weighted by Gasteiger charge is 2.23. The monoisotopic (exact) mass is 473 g/mol. The third-order valence-electron chi connectivity index (χ3n) is 4.38. The fourth-order valence-electron chi connectivity index (χ4n) is 2.84. The molecule has 2 amide bonds. The molecule has 1 atom stereocenters. The summed E-state index contributed by atoms with van der Waals surface area (Å²) in [5.41, 5.74) is 11.9. The predicted octanol–water partition coefficient (Wildman–Crippen LogP) is 2.45. The highest BCUT2D eigenvalue weighted by atomic mass is 19.1. The molecule has 1 unspecified atom stereocenters. The van der Waals surface area contributed by atoms with Crippen LogP contribution >= 0.6 is 0 Å². The summed E-state index contributed by atoms with van der Waals surface area (Å²) in [6, 6.07) is 9.09. The van der Waals surface area contributed by atoms with Crippen molar-refractivity contribution in [1.82, 2.24) is 5.32 Å². The molecule has 0 saturated heterocycles. The normalized spacial score (nSPS) is 11.3. The zero-order valence-electron chi connectivity index (χ0n) is 19.1. The molecule has 0 saturated carbocycles. The van der Waals surface area contributed by atoms with Crippen LogP contribution in [0.2, 0.25) is 0 Å². The Morgan fingerprint density at radius 1 is 1.09 bits per heavy atom. The van der Waals surface area contributed by atoms with Crippen molar-refractivity contribution >= 4 is 35.3 Å². The molecule has 0 heterocycles. The molecule has 6 N–H and O–H groups in total. The number of alkyl carbamates (subject to hydrolysis) is 1. The molecule has 182 valence electrons. The first-order valence-corrected chi connectivity index (χ1v) is 10.4. The lowest BCUT2D eigenvalue weighted by Gasteiger charge is -2.17. The van der Waals surface area contributed by atoms with Crippen molar-refractivity contribution in [2.45, 2.75) is 26.3 Å². The molecule has 0 bridgehead atoms. The number of anilines is 1. The van der Waals surface area contributed by atoms with Crippen LogP contribution in [0.3, 0.4) is 0 Å². The number of methoxy groups -OCH3 is 1. The highest BCUT2D eigenvalue weighted by Crippen LogP contribution is 2.19. The lowest BCUT2D eigenvalue weighted by molar-refractivity contribution is -0.143. The van der Waals surface area contributed by atoms with Crippen LogP contribution in [0.25, 0.3) is 0 Å². The first-order valence-electron chi connectivity index (χ1n) is 10.4. The van der Waals surface area contributed by atoms with Crippen molar-refractivity contribution in [3.05, 3.63) is 59.4 Å². The zero-order valence-corrected chi connectivity index (χ0v) is 19.1. The Morgan fingerprint density at radius 2 is 1.76 bits per heavy atom. The Bertz CT molecular complexity index is 1050. The quantitative estimate of drug-likeness (QED) is 0.247. The van der Waals surface area contributed by atoms with E-state index in [1.807, 2.05) is 13.8 Å². The van der Waals surface area contributed by atoms with E-state index in [9.17, 15) is 18.8 Å². The summed E-state index contributed by atoms with van der Waals surface area (Å²) in [5, 5.41) is 5.14. The average molecular weight is 474 g/mol. The second-order valence-electron chi connectivity index (χ2n) is 7.80. The SMILES string of the molecule is COC(=O)C(Cc1ccc(NC(=O)c2cc(F)cc(N=C(N)N)c2)cc1)NC(=O)OCC(C)C. The van der Waals surface area contributed by atoms with Crippen LogP contribution in [0.1, 0.15) is 29.8 Å². The number of nitrogens with two attached hydrogens (primary N) is 2. The molecule has 11 heteroatoms. The van der Waals surface area contributed by atoms with Gasteiger partial charge in [-0.1, -0.05) is 26.0 Å². The van der Waals surface area contributed by atoms with Crippen molar-refractivity contribution in [2.24, 2.45) is 22.4 Å². The average Bonchev–Trinajstić information content (AvgIpc) is 2.77. The molecule has 0 radical (unpaired) electrons. The van der Waals surface area contributed by atoms with E-state index in [1.54, 1.807) is 24.3 Å². The molecular weight excluding hydrogens is 445 g/mol. The third-order valence-corrected chi connectivity index (χ3v) is 4.38. The number of carbonyl (C=O) groups excluding carboxylic acids is 3. The Hall–Kier alpha value is -4.15. The Labute approximate surface area is 196 Å². The minimum atomic E-state index is -0.952. The molecule has 2 aromatic rings. The van der Waals surface area contributed by atoms with E-state index < -0.39 is 29.8 Å². The van der Waals surface area contributed by atoms with Crippen LogP contribution in [-0.2, 0) is 20.7 Å². The molecule has 34 heavy (non-hydrogen) atoms. The maximum atomic E-state index is 13.8. The third kappa shape index (κ3) is 8.41. The van der Waals surface area contributed by atoms with Crippen LogP contribution in [0.5, 0.6) is 0 Å². The summed E-state index contributed by atoms with van der Waals surface area (Å²) in [7, 11) is 1.22. The summed E-state index contributed by atoms with van der Waals surface area (Å²) in [6.07, 6.45) is -0.577. The number of benzene rings is 2. The topological polar surface area (TPSA) is 158 Å². The summed E-state index contributed by atoms with van der Waals surface area (Å²) < 4.78 is 23.6. The van der Waals surface area contributed by atoms with Gasteiger partial charge in [-0.05, 0) is 41.8 Å². The minimum absolute atomic E-state index is 0.0268. The number of carbonyl (C=O) groups is 3. The van der Waals surface area contributed by atoms with Gasteiger partial charge >= 0.3 is 12.1 Å². The number of hydrogen-bond donors (Lipinski definition) is 4. The van der Waals surface area contributed by atoms with Crippen molar-refractivity contribution in [3.63, 3.8) is 0 Å². The predicted molar refractivity (Wildman–Crippen MR) is 125 cm³/mol. The van der Waals surface area contributed by atoms with Gasteiger partial charge in [-0.15, -0.1) is 0 Å². The highest BCUT2D eigenvalue weighted by molar-refractivity contribution is 6.04. The van der Waals surface area contributed by atoms with E-state index in [0.29, 0.717) is 11.3 Å². The number of esters is 1. The fourth-order valence-corrected chi connectivity index (χ4v) is 2.84. The number of aliphatic imine (C=N–C) groups is 1. The maximum absolute atomic E-state index is 13.8. The number of amides is 2. The molecular formula is C23H28FN5O5. The summed E-state index contributed by atoms with van der Waals surface area (Å²) >= 11 is 0. The van der Waals surface area contributed by atoms with E-state index in [4.69, 9.17) is 20.9 Å². The van der Waals surface area contributed by atoms with Crippen molar-refractivity contribution in [3.8, 4) is 0 Å².